The first kappa shape index (κ1) is 19.5. The van der Waals surface area contributed by atoms with Gasteiger partial charge in [0, 0.05) is 10.6 Å². The maximum absolute atomic E-state index is 14.4. The number of halogens is 2. The summed E-state index contributed by atoms with van der Waals surface area (Å²) in [5.74, 6) is -3.65. The molecule has 1 aromatic carbocycles. The minimum Gasteiger partial charge on any atom is -0.481 e. The molecule has 0 bridgehead atoms. The zero-order valence-corrected chi connectivity index (χ0v) is 15.6. The number of carboxylic acid groups (broad SMARTS) is 1. The number of fused-ring (bicyclic) bond motifs is 1. The van der Waals surface area contributed by atoms with Crippen molar-refractivity contribution in [2.24, 2.45) is 0 Å². The van der Waals surface area contributed by atoms with Gasteiger partial charge in [-0.25, -0.2) is 23.2 Å². The van der Waals surface area contributed by atoms with Gasteiger partial charge in [0.25, 0.3) is 5.12 Å². The summed E-state index contributed by atoms with van der Waals surface area (Å²) in [4.78, 5) is 59.8. The summed E-state index contributed by atoms with van der Waals surface area (Å²) in [6.45, 7) is -0.0982. The summed E-state index contributed by atoms with van der Waals surface area (Å²) in [7, 11) is 0. The SMILES string of the molecule is O=C(O)CSc1cc(-n2c(=O)n3n(c2=O)C(=O)C(=O)SCC3)c(F)cc1Cl. The first-order valence-electron chi connectivity index (χ1n) is 7.22. The number of thioether (sulfide) groups is 2. The van der Waals surface area contributed by atoms with E-state index in [4.69, 9.17) is 16.7 Å². The standard InChI is InChI=1S/C14H9ClFN3O6S2/c15-6-3-7(16)8(4-9(6)27-5-10(20)21)18-13(24)17-1-2-26-12(23)11(22)19(17)14(18)25/h3-4H,1-2,5H2,(H,20,21). The van der Waals surface area contributed by atoms with Crippen molar-refractivity contribution in [3.05, 3.63) is 43.9 Å². The number of benzene rings is 1. The van der Waals surface area contributed by atoms with Gasteiger partial charge < -0.3 is 5.11 Å². The second-order valence-corrected chi connectivity index (χ2v) is 7.69. The molecular weight excluding hydrogens is 425 g/mol. The van der Waals surface area contributed by atoms with Crippen molar-refractivity contribution in [2.75, 3.05) is 11.5 Å². The smallest absolute Gasteiger partial charge is 0.359 e. The van der Waals surface area contributed by atoms with E-state index in [1.807, 2.05) is 0 Å². The molecule has 142 valence electrons. The number of hydrogen-bond acceptors (Lipinski definition) is 7. The predicted molar refractivity (Wildman–Crippen MR) is 95.7 cm³/mol. The number of rotatable bonds is 4. The third-order valence-corrected chi connectivity index (χ3v) is 5.81. The van der Waals surface area contributed by atoms with Crippen LogP contribution in [0.4, 0.5) is 4.39 Å². The average molecular weight is 434 g/mol. The summed E-state index contributed by atoms with van der Waals surface area (Å²) < 4.78 is 16.0. The van der Waals surface area contributed by atoms with Gasteiger partial charge in [-0.15, -0.1) is 11.8 Å². The molecule has 0 unspecified atom stereocenters. The summed E-state index contributed by atoms with van der Waals surface area (Å²) >= 11 is 7.33. The summed E-state index contributed by atoms with van der Waals surface area (Å²) in [6, 6.07) is 1.89. The molecule has 2 heterocycles. The molecule has 13 heteroatoms. The lowest BCUT2D eigenvalue weighted by atomic mass is 10.3. The molecule has 1 N–H and O–H groups in total. The van der Waals surface area contributed by atoms with E-state index in [2.05, 4.69) is 0 Å². The molecule has 1 aliphatic rings. The molecule has 2 aromatic rings. The van der Waals surface area contributed by atoms with E-state index in [9.17, 15) is 28.4 Å². The largest absolute Gasteiger partial charge is 0.481 e. The van der Waals surface area contributed by atoms with Gasteiger partial charge in [0.05, 0.1) is 23.0 Å². The number of carboxylic acids is 1. The molecule has 0 amide bonds. The van der Waals surface area contributed by atoms with E-state index < -0.39 is 39.9 Å². The van der Waals surface area contributed by atoms with Crippen molar-refractivity contribution >= 4 is 52.1 Å². The Morgan fingerprint density at radius 3 is 2.63 bits per heavy atom. The Kier molecular flexibility index (Phi) is 5.31. The molecule has 1 aromatic heterocycles. The minimum atomic E-state index is -1.20. The normalized spacial score (nSPS) is 14.1. The quantitative estimate of drug-likeness (QED) is 0.552. The number of hydrogen-bond donors (Lipinski definition) is 1. The van der Waals surface area contributed by atoms with E-state index in [1.165, 1.54) is 0 Å². The van der Waals surface area contributed by atoms with Gasteiger partial charge >= 0.3 is 23.3 Å². The molecule has 0 atom stereocenters. The van der Waals surface area contributed by atoms with Crippen LogP contribution in [0.15, 0.2) is 26.6 Å². The van der Waals surface area contributed by atoms with Crippen LogP contribution in [-0.2, 0) is 16.1 Å². The summed E-state index contributed by atoms with van der Waals surface area (Å²) in [5, 5.41) is 7.76. The fourth-order valence-corrected chi connectivity index (χ4v) is 4.04. The van der Waals surface area contributed by atoms with E-state index in [0.717, 1.165) is 28.6 Å². The Bertz CT molecular complexity index is 1110. The van der Waals surface area contributed by atoms with Crippen LogP contribution >= 0.6 is 35.1 Å². The Morgan fingerprint density at radius 1 is 1.26 bits per heavy atom. The zero-order chi connectivity index (χ0) is 19.9. The van der Waals surface area contributed by atoms with Crippen molar-refractivity contribution in [1.29, 1.82) is 0 Å². The molecule has 0 saturated heterocycles. The Labute approximate surface area is 162 Å². The van der Waals surface area contributed by atoms with Crippen molar-refractivity contribution in [1.82, 2.24) is 13.9 Å². The van der Waals surface area contributed by atoms with Gasteiger partial charge in [-0.1, -0.05) is 23.4 Å². The summed E-state index contributed by atoms with van der Waals surface area (Å²) in [6.07, 6.45) is 0. The highest BCUT2D eigenvalue weighted by molar-refractivity contribution is 8.15. The number of nitrogens with zero attached hydrogens (tertiary/aromatic N) is 3. The van der Waals surface area contributed by atoms with Crippen molar-refractivity contribution in [3.63, 3.8) is 0 Å². The number of carbonyl (C=O) groups excluding carboxylic acids is 2. The molecule has 1 aliphatic heterocycles. The fraction of sp³-hybridized carbons (Fsp3) is 0.214. The van der Waals surface area contributed by atoms with Crippen molar-refractivity contribution in [2.45, 2.75) is 11.4 Å². The second kappa shape index (κ2) is 7.37. The molecule has 27 heavy (non-hydrogen) atoms. The van der Waals surface area contributed by atoms with Gasteiger partial charge in [0.15, 0.2) is 0 Å². The first-order chi connectivity index (χ1) is 12.7. The lowest BCUT2D eigenvalue weighted by Crippen LogP contribution is -2.34. The van der Waals surface area contributed by atoms with Crippen LogP contribution < -0.4 is 11.4 Å². The van der Waals surface area contributed by atoms with E-state index in [1.54, 1.807) is 0 Å². The third-order valence-electron chi connectivity index (χ3n) is 3.52. The maximum atomic E-state index is 14.4. The van der Waals surface area contributed by atoms with Gasteiger partial charge in [0.2, 0.25) is 0 Å². The Hall–Kier alpha value is -2.31. The third kappa shape index (κ3) is 3.47. The van der Waals surface area contributed by atoms with E-state index >= 15 is 0 Å². The highest BCUT2D eigenvalue weighted by atomic mass is 35.5. The first-order valence-corrected chi connectivity index (χ1v) is 9.57. The van der Waals surface area contributed by atoms with Crippen LogP contribution in [0.3, 0.4) is 0 Å². The van der Waals surface area contributed by atoms with E-state index in [-0.39, 0.29) is 28.0 Å². The predicted octanol–water partition coefficient (Wildman–Crippen LogP) is 0.683. The lowest BCUT2D eigenvalue weighted by Gasteiger charge is -2.07. The molecule has 0 saturated carbocycles. The van der Waals surface area contributed by atoms with Gasteiger partial charge in [0.1, 0.15) is 5.82 Å². The Morgan fingerprint density at radius 2 is 1.96 bits per heavy atom. The van der Waals surface area contributed by atoms with Crippen LogP contribution in [0.2, 0.25) is 5.02 Å². The molecular formula is C14H9ClFN3O6S2. The zero-order valence-electron chi connectivity index (χ0n) is 13.2. The average Bonchev–Trinajstić information content (AvgIpc) is 2.73. The monoisotopic (exact) mass is 433 g/mol. The van der Waals surface area contributed by atoms with Crippen molar-refractivity contribution < 1.29 is 23.9 Å². The molecule has 0 spiro atoms. The van der Waals surface area contributed by atoms with Crippen LogP contribution in [0, 0.1) is 5.82 Å². The number of aliphatic carboxylic acids is 1. The highest BCUT2D eigenvalue weighted by Gasteiger charge is 2.30. The highest BCUT2D eigenvalue weighted by Crippen LogP contribution is 2.30. The lowest BCUT2D eigenvalue weighted by molar-refractivity contribution is -0.133. The van der Waals surface area contributed by atoms with Crippen LogP contribution in [0.5, 0.6) is 0 Å². The topological polar surface area (TPSA) is 120 Å². The van der Waals surface area contributed by atoms with E-state index in [0.29, 0.717) is 21.0 Å². The van der Waals surface area contributed by atoms with Crippen LogP contribution in [-0.4, -0.2) is 47.5 Å². The van der Waals surface area contributed by atoms with Crippen LogP contribution in [0.25, 0.3) is 5.69 Å². The molecule has 3 rings (SSSR count). The summed E-state index contributed by atoms with van der Waals surface area (Å²) in [5.41, 5.74) is -2.70. The number of aromatic nitrogens is 3. The molecule has 0 aliphatic carbocycles. The van der Waals surface area contributed by atoms with Crippen LogP contribution in [0.1, 0.15) is 4.79 Å². The minimum absolute atomic E-state index is 0.0940. The Balaban J connectivity index is 2.21. The maximum Gasteiger partial charge on any atom is 0.359 e. The van der Waals surface area contributed by atoms with Gasteiger partial charge in [-0.3, -0.25) is 14.4 Å². The second-order valence-electron chi connectivity index (χ2n) is 5.19. The molecule has 9 nitrogen and oxygen atoms in total. The van der Waals surface area contributed by atoms with Crippen molar-refractivity contribution in [3.8, 4) is 5.69 Å². The fourth-order valence-electron chi connectivity index (χ4n) is 2.39. The number of carbonyl (C=O) groups is 3. The molecule has 0 fully saturated rings. The van der Waals surface area contributed by atoms with Gasteiger partial charge in [-0.05, 0) is 12.1 Å². The molecule has 0 radical (unpaired) electrons. The van der Waals surface area contributed by atoms with Gasteiger partial charge in [-0.2, -0.15) is 4.68 Å².